The molecule has 3 heterocycles. The van der Waals surface area contributed by atoms with Crippen LogP contribution in [-0.2, 0) is 5.41 Å². The Hall–Kier alpha value is -1.01. The van der Waals surface area contributed by atoms with Gasteiger partial charge in [0.1, 0.15) is 4.88 Å². The summed E-state index contributed by atoms with van der Waals surface area (Å²) in [6.45, 7) is 6.22. The minimum absolute atomic E-state index is 0.0845. The standard InChI is InChI=1S/C15H24N4OS/c1-15(2,3)13-12(21-18-17-13)14(20)19(4)11-7-9-5-6-10(8-11)16-9/h9-11,16H,5-8H2,1-4H3. The summed E-state index contributed by atoms with van der Waals surface area (Å²) >= 11 is 1.23. The Morgan fingerprint density at radius 3 is 2.48 bits per heavy atom. The zero-order valence-electron chi connectivity index (χ0n) is 13.2. The van der Waals surface area contributed by atoms with Crippen LogP contribution >= 0.6 is 11.5 Å². The molecule has 2 fully saturated rings. The van der Waals surface area contributed by atoms with Crippen molar-refractivity contribution in [3.63, 3.8) is 0 Å². The summed E-state index contributed by atoms with van der Waals surface area (Å²) in [5, 5.41) is 7.81. The molecule has 5 nitrogen and oxygen atoms in total. The van der Waals surface area contributed by atoms with Gasteiger partial charge in [0.2, 0.25) is 0 Å². The molecule has 1 aromatic rings. The number of amides is 1. The van der Waals surface area contributed by atoms with Crippen LogP contribution in [0.4, 0.5) is 0 Å². The first-order valence-corrected chi connectivity index (χ1v) is 8.49. The molecule has 2 saturated heterocycles. The molecule has 2 aliphatic heterocycles. The number of rotatable bonds is 2. The molecule has 3 rings (SSSR count). The molecule has 0 aromatic carbocycles. The van der Waals surface area contributed by atoms with Gasteiger partial charge in [-0.25, -0.2) is 0 Å². The van der Waals surface area contributed by atoms with Crippen molar-refractivity contribution in [3.05, 3.63) is 10.6 Å². The van der Waals surface area contributed by atoms with Crippen molar-refractivity contribution in [1.82, 2.24) is 19.8 Å². The van der Waals surface area contributed by atoms with E-state index in [1.54, 1.807) is 0 Å². The van der Waals surface area contributed by atoms with Crippen LogP contribution in [0.2, 0.25) is 0 Å². The third-order valence-corrected chi connectivity index (χ3v) is 5.42. The highest BCUT2D eigenvalue weighted by atomic mass is 32.1. The zero-order chi connectivity index (χ0) is 15.2. The van der Waals surface area contributed by atoms with Crippen LogP contribution in [0.25, 0.3) is 0 Å². The van der Waals surface area contributed by atoms with Gasteiger partial charge in [-0.2, -0.15) is 0 Å². The van der Waals surface area contributed by atoms with E-state index in [9.17, 15) is 4.79 Å². The summed E-state index contributed by atoms with van der Waals surface area (Å²) in [6, 6.07) is 1.52. The summed E-state index contributed by atoms with van der Waals surface area (Å²) in [5.41, 5.74) is 0.674. The van der Waals surface area contributed by atoms with E-state index < -0.39 is 0 Å². The first-order valence-electron chi connectivity index (χ1n) is 7.72. The molecule has 2 atom stereocenters. The maximum absolute atomic E-state index is 12.8. The van der Waals surface area contributed by atoms with Gasteiger partial charge in [0, 0.05) is 30.6 Å². The molecule has 21 heavy (non-hydrogen) atoms. The molecule has 2 aliphatic rings. The van der Waals surface area contributed by atoms with Crippen LogP contribution in [0, 0.1) is 0 Å². The lowest BCUT2D eigenvalue weighted by Crippen LogP contribution is -2.48. The second-order valence-corrected chi connectivity index (χ2v) is 8.13. The summed E-state index contributed by atoms with van der Waals surface area (Å²) in [6.07, 6.45) is 4.63. The van der Waals surface area contributed by atoms with E-state index in [0.29, 0.717) is 23.0 Å². The number of hydrogen-bond donors (Lipinski definition) is 1. The molecular formula is C15H24N4OS. The Morgan fingerprint density at radius 2 is 1.90 bits per heavy atom. The average Bonchev–Trinajstić information content (AvgIpc) is 3.03. The van der Waals surface area contributed by atoms with Gasteiger partial charge in [-0.3, -0.25) is 4.79 Å². The first kappa shape index (κ1) is 14.9. The maximum atomic E-state index is 12.8. The minimum atomic E-state index is -0.147. The molecule has 0 aliphatic carbocycles. The second-order valence-electron chi connectivity index (χ2n) is 7.38. The molecule has 2 bridgehead atoms. The molecule has 6 heteroatoms. The molecule has 0 spiro atoms. The van der Waals surface area contributed by atoms with Crippen molar-refractivity contribution in [2.24, 2.45) is 0 Å². The van der Waals surface area contributed by atoms with Gasteiger partial charge in [0.25, 0.3) is 5.91 Å². The van der Waals surface area contributed by atoms with E-state index in [-0.39, 0.29) is 11.3 Å². The Labute approximate surface area is 130 Å². The zero-order valence-corrected chi connectivity index (χ0v) is 14.0. The molecule has 0 saturated carbocycles. The van der Waals surface area contributed by atoms with E-state index in [1.165, 1.54) is 24.4 Å². The normalized spacial score (nSPS) is 28.7. The van der Waals surface area contributed by atoms with E-state index in [2.05, 4.69) is 35.7 Å². The number of carbonyl (C=O) groups excluding carboxylic acids is 1. The summed E-state index contributed by atoms with van der Waals surface area (Å²) in [7, 11) is 1.93. The number of aromatic nitrogens is 2. The lowest BCUT2D eigenvalue weighted by atomic mass is 9.91. The van der Waals surface area contributed by atoms with Gasteiger partial charge in [-0.1, -0.05) is 25.3 Å². The summed E-state index contributed by atoms with van der Waals surface area (Å²) in [4.78, 5) is 15.5. The van der Waals surface area contributed by atoms with Crippen molar-refractivity contribution in [1.29, 1.82) is 0 Å². The minimum Gasteiger partial charge on any atom is -0.338 e. The lowest BCUT2D eigenvalue weighted by molar-refractivity contribution is 0.0684. The number of piperidine rings is 1. The molecule has 1 N–H and O–H groups in total. The van der Waals surface area contributed by atoms with Crippen LogP contribution in [0.3, 0.4) is 0 Å². The van der Waals surface area contributed by atoms with E-state index in [1.807, 2.05) is 11.9 Å². The number of nitrogens with zero attached hydrogens (tertiary/aromatic N) is 3. The predicted molar refractivity (Wildman–Crippen MR) is 83.7 cm³/mol. The van der Waals surface area contributed by atoms with E-state index in [0.717, 1.165) is 18.5 Å². The van der Waals surface area contributed by atoms with Crippen LogP contribution in [0.5, 0.6) is 0 Å². The fourth-order valence-corrected chi connectivity index (χ4v) is 4.35. The molecular weight excluding hydrogens is 284 g/mol. The van der Waals surface area contributed by atoms with Crippen molar-refractivity contribution < 1.29 is 4.79 Å². The maximum Gasteiger partial charge on any atom is 0.267 e. The molecule has 116 valence electrons. The Kier molecular flexibility index (Phi) is 3.78. The Balaban J connectivity index is 1.77. The monoisotopic (exact) mass is 308 g/mol. The molecule has 0 radical (unpaired) electrons. The Bertz CT molecular complexity index is 524. The fraction of sp³-hybridized carbons (Fsp3) is 0.800. The highest BCUT2D eigenvalue weighted by Gasteiger charge is 2.38. The summed E-state index contributed by atoms with van der Waals surface area (Å²) < 4.78 is 4.01. The number of fused-ring (bicyclic) bond motifs is 2. The predicted octanol–water partition coefficient (Wildman–Crippen LogP) is 2.19. The van der Waals surface area contributed by atoms with Gasteiger partial charge in [-0.15, -0.1) is 5.10 Å². The number of nitrogens with one attached hydrogen (secondary N) is 1. The largest absolute Gasteiger partial charge is 0.338 e. The van der Waals surface area contributed by atoms with Crippen molar-refractivity contribution in [2.45, 2.75) is 70.0 Å². The third-order valence-electron chi connectivity index (χ3n) is 4.71. The third kappa shape index (κ3) is 2.83. The Morgan fingerprint density at radius 1 is 1.29 bits per heavy atom. The topological polar surface area (TPSA) is 58.1 Å². The molecule has 1 amide bonds. The fourth-order valence-electron chi connectivity index (χ4n) is 3.49. The van der Waals surface area contributed by atoms with Crippen LogP contribution in [0.1, 0.15) is 61.8 Å². The van der Waals surface area contributed by atoms with Crippen molar-refractivity contribution in [3.8, 4) is 0 Å². The van der Waals surface area contributed by atoms with Gasteiger partial charge in [-0.05, 0) is 37.2 Å². The smallest absolute Gasteiger partial charge is 0.267 e. The van der Waals surface area contributed by atoms with Gasteiger partial charge in [0.15, 0.2) is 0 Å². The highest BCUT2D eigenvalue weighted by molar-refractivity contribution is 7.08. The van der Waals surface area contributed by atoms with Gasteiger partial charge in [0.05, 0.1) is 5.69 Å². The van der Waals surface area contributed by atoms with Crippen LogP contribution in [0.15, 0.2) is 0 Å². The van der Waals surface area contributed by atoms with E-state index >= 15 is 0 Å². The summed E-state index contributed by atoms with van der Waals surface area (Å²) in [5.74, 6) is 0.0845. The highest BCUT2D eigenvalue weighted by Crippen LogP contribution is 2.32. The first-order chi connectivity index (χ1) is 9.86. The van der Waals surface area contributed by atoms with Gasteiger partial charge < -0.3 is 10.2 Å². The lowest BCUT2D eigenvalue weighted by Gasteiger charge is -2.35. The molecule has 2 unspecified atom stereocenters. The second kappa shape index (κ2) is 5.32. The van der Waals surface area contributed by atoms with E-state index in [4.69, 9.17) is 0 Å². The number of carbonyl (C=O) groups is 1. The SMILES string of the molecule is CN(C(=O)c1snnc1C(C)(C)C)C1CC2CCC(C1)N2. The van der Waals surface area contributed by atoms with Crippen molar-refractivity contribution >= 4 is 17.4 Å². The molecule has 1 aromatic heterocycles. The van der Waals surface area contributed by atoms with Crippen LogP contribution in [-0.4, -0.2) is 45.6 Å². The van der Waals surface area contributed by atoms with Gasteiger partial charge >= 0.3 is 0 Å². The van der Waals surface area contributed by atoms with Crippen molar-refractivity contribution in [2.75, 3.05) is 7.05 Å². The number of hydrogen-bond acceptors (Lipinski definition) is 5. The van der Waals surface area contributed by atoms with Crippen LogP contribution < -0.4 is 5.32 Å². The quantitative estimate of drug-likeness (QED) is 0.910. The average molecular weight is 308 g/mol.